The summed E-state index contributed by atoms with van der Waals surface area (Å²) in [5.41, 5.74) is 0.163. The number of aromatic nitrogens is 1. The first-order chi connectivity index (χ1) is 12.1. The van der Waals surface area contributed by atoms with Crippen molar-refractivity contribution in [3.05, 3.63) is 54.2 Å². The number of carbonyl (C=O) groups is 1. The van der Waals surface area contributed by atoms with E-state index in [1.165, 1.54) is 6.07 Å². The lowest BCUT2D eigenvalue weighted by Crippen LogP contribution is -2.67. The molecule has 1 N–H and O–H groups in total. The standard InChI is InChI=1S/C19H20N2O4/c22-15-5-3-4-14(10-15)18(23)21-12-19(13-21)11-16(7-9-24-19)25-17-6-1-2-8-20-17/h1-6,8,10,16,22H,7,9,11-13H2/t16-/m0/s1. The molecule has 2 aliphatic heterocycles. The first-order valence-corrected chi connectivity index (χ1v) is 8.44. The topological polar surface area (TPSA) is 71.9 Å². The molecule has 1 aromatic heterocycles. The molecule has 4 rings (SSSR count). The van der Waals surface area contributed by atoms with Crippen molar-refractivity contribution in [1.29, 1.82) is 0 Å². The molecule has 2 saturated heterocycles. The van der Waals surface area contributed by atoms with Gasteiger partial charge < -0.3 is 19.5 Å². The zero-order chi connectivity index (χ0) is 17.3. The van der Waals surface area contributed by atoms with E-state index >= 15 is 0 Å². The van der Waals surface area contributed by atoms with Gasteiger partial charge in [-0.25, -0.2) is 4.98 Å². The van der Waals surface area contributed by atoms with Crippen LogP contribution >= 0.6 is 0 Å². The molecule has 1 atom stereocenters. The highest BCUT2D eigenvalue weighted by Crippen LogP contribution is 2.36. The van der Waals surface area contributed by atoms with Gasteiger partial charge in [-0.2, -0.15) is 0 Å². The lowest BCUT2D eigenvalue weighted by molar-refractivity contribution is -0.174. The third kappa shape index (κ3) is 3.30. The number of benzene rings is 1. The predicted octanol–water partition coefficient (Wildman–Crippen LogP) is 2.24. The van der Waals surface area contributed by atoms with E-state index in [4.69, 9.17) is 9.47 Å². The van der Waals surface area contributed by atoms with Crippen LogP contribution in [0.15, 0.2) is 48.7 Å². The van der Waals surface area contributed by atoms with E-state index in [9.17, 15) is 9.90 Å². The number of phenolic OH excluding ortho intramolecular Hbond substituents is 1. The fourth-order valence-corrected chi connectivity index (χ4v) is 3.51. The Hall–Kier alpha value is -2.60. The Morgan fingerprint density at radius 2 is 2.16 bits per heavy atom. The fraction of sp³-hybridized carbons (Fsp3) is 0.368. The second-order valence-electron chi connectivity index (χ2n) is 6.64. The average molecular weight is 340 g/mol. The lowest BCUT2D eigenvalue weighted by Gasteiger charge is -2.52. The van der Waals surface area contributed by atoms with E-state index in [-0.39, 0.29) is 23.4 Å². The van der Waals surface area contributed by atoms with Gasteiger partial charge in [-0.05, 0) is 24.3 Å². The van der Waals surface area contributed by atoms with E-state index < -0.39 is 0 Å². The second kappa shape index (κ2) is 6.37. The van der Waals surface area contributed by atoms with E-state index in [1.54, 1.807) is 29.3 Å². The molecule has 0 bridgehead atoms. The lowest BCUT2D eigenvalue weighted by atomic mass is 9.84. The van der Waals surface area contributed by atoms with E-state index in [2.05, 4.69) is 4.98 Å². The van der Waals surface area contributed by atoms with Crippen LogP contribution in [0.2, 0.25) is 0 Å². The molecule has 6 nitrogen and oxygen atoms in total. The van der Waals surface area contributed by atoms with Gasteiger partial charge in [0.1, 0.15) is 17.5 Å². The van der Waals surface area contributed by atoms with Crippen LogP contribution in [-0.4, -0.2) is 52.3 Å². The SMILES string of the molecule is O=C(c1cccc(O)c1)N1CC2(C[C@@H](Oc3ccccn3)CCO2)C1. The molecule has 6 heteroatoms. The fourth-order valence-electron chi connectivity index (χ4n) is 3.51. The maximum Gasteiger partial charge on any atom is 0.254 e. The molecule has 2 aromatic rings. The number of pyridine rings is 1. The zero-order valence-corrected chi connectivity index (χ0v) is 13.8. The number of hydrogen-bond acceptors (Lipinski definition) is 5. The molecule has 2 fully saturated rings. The Bertz CT molecular complexity index is 759. The monoisotopic (exact) mass is 340 g/mol. The molecule has 25 heavy (non-hydrogen) atoms. The van der Waals surface area contributed by atoms with Crippen LogP contribution in [0.25, 0.3) is 0 Å². The number of rotatable bonds is 3. The summed E-state index contributed by atoms with van der Waals surface area (Å²) >= 11 is 0. The largest absolute Gasteiger partial charge is 0.508 e. The van der Waals surface area contributed by atoms with Gasteiger partial charge in [-0.1, -0.05) is 12.1 Å². The van der Waals surface area contributed by atoms with Gasteiger partial charge in [0.25, 0.3) is 5.91 Å². The quantitative estimate of drug-likeness (QED) is 0.928. The van der Waals surface area contributed by atoms with Gasteiger partial charge in [0.2, 0.25) is 5.88 Å². The smallest absolute Gasteiger partial charge is 0.254 e. The summed E-state index contributed by atoms with van der Waals surface area (Å²) in [5, 5.41) is 9.53. The van der Waals surface area contributed by atoms with Gasteiger partial charge >= 0.3 is 0 Å². The number of phenols is 1. The highest BCUT2D eigenvalue weighted by atomic mass is 16.5. The minimum Gasteiger partial charge on any atom is -0.508 e. The van der Waals surface area contributed by atoms with Gasteiger partial charge in [0.15, 0.2) is 0 Å². The van der Waals surface area contributed by atoms with Crippen LogP contribution in [0.3, 0.4) is 0 Å². The van der Waals surface area contributed by atoms with Crippen molar-refractivity contribution in [3.8, 4) is 11.6 Å². The van der Waals surface area contributed by atoms with Crippen molar-refractivity contribution >= 4 is 5.91 Å². The third-order valence-electron chi connectivity index (χ3n) is 4.71. The van der Waals surface area contributed by atoms with Crippen molar-refractivity contribution in [2.45, 2.75) is 24.5 Å². The summed E-state index contributed by atoms with van der Waals surface area (Å²) in [6.45, 7) is 1.71. The second-order valence-corrected chi connectivity index (χ2v) is 6.64. The average Bonchev–Trinajstić information content (AvgIpc) is 2.60. The Labute approximate surface area is 146 Å². The summed E-state index contributed by atoms with van der Waals surface area (Å²) in [6.07, 6.45) is 3.32. The van der Waals surface area contributed by atoms with Crippen molar-refractivity contribution < 1.29 is 19.4 Å². The highest BCUT2D eigenvalue weighted by Gasteiger charge is 2.50. The van der Waals surface area contributed by atoms with Crippen LogP contribution in [-0.2, 0) is 4.74 Å². The summed E-state index contributed by atoms with van der Waals surface area (Å²) in [6, 6.07) is 12.0. The minimum atomic E-state index is -0.329. The summed E-state index contributed by atoms with van der Waals surface area (Å²) < 4.78 is 11.9. The summed E-state index contributed by atoms with van der Waals surface area (Å²) in [5.74, 6) is 0.633. The van der Waals surface area contributed by atoms with Crippen molar-refractivity contribution in [3.63, 3.8) is 0 Å². The van der Waals surface area contributed by atoms with Crippen molar-refractivity contribution in [1.82, 2.24) is 9.88 Å². The van der Waals surface area contributed by atoms with Gasteiger partial charge in [-0.3, -0.25) is 4.79 Å². The molecule has 0 aliphatic carbocycles. The number of carbonyl (C=O) groups excluding carboxylic acids is 1. The van der Waals surface area contributed by atoms with Gasteiger partial charge in [0.05, 0.1) is 19.7 Å². The third-order valence-corrected chi connectivity index (χ3v) is 4.71. The van der Waals surface area contributed by atoms with Gasteiger partial charge in [-0.15, -0.1) is 0 Å². The van der Waals surface area contributed by atoms with E-state index in [1.807, 2.05) is 18.2 Å². The molecule has 130 valence electrons. The molecule has 2 aliphatic rings. The minimum absolute atomic E-state index is 0.0432. The Kier molecular flexibility index (Phi) is 4.05. The molecule has 1 aromatic carbocycles. The number of ether oxygens (including phenoxy) is 2. The molecule has 0 radical (unpaired) electrons. The zero-order valence-electron chi connectivity index (χ0n) is 13.8. The highest BCUT2D eigenvalue weighted by molar-refractivity contribution is 5.95. The maximum absolute atomic E-state index is 12.5. The van der Waals surface area contributed by atoms with Crippen LogP contribution < -0.4 is 4.74 Å². The van der Waals surface area contributed by atoms with E-state index in [0.29, 0.717) is 31.1 Å². The molecule has 1 spiro atoms. The Morgan fingerprint density at radius 3 is 2.92 bits per heavy atom. The van der Waals surface area contributed by atoms with Crippen LogP contribution in [0.4, 0.5) is 0 Å². The van der Waals surface area contributed by atoms with Crippen molar-refractivity contribution in [2.24, 2.45) is 0 Å². The van der Waals surface area contributed by atoms with Crippen LogP contribution in [0, 0.1) is 0 Å². The van der Waals surface area contributed by atoms with Crippen LogP contribution in [0.5, 0.6) is 11.6 Å². The molecular formula is C19H20N2O4. The molecule has 3 heterocycles. The van der Waals surface area contributed by atoms with Crippen molar-refractivity contribution in [2.75, 3.05) is 19.7 Å². The maximum atomic E-state index is 12.5. The number of nitrogens with zero attached hydrogens (tertiary/aromatic N) is 2. The number of likely N-dealkylation sites (tertiary alicyclic amines) is 1. The molecular weight excluding hydrogens is 320 g/mol. The Balaban J connectivity index is 1.37. The van der Waals surface area contributed by atoms with Gasteiger partial charge in [0, 0.05) is 30.7 Å². The predicted molar refractivity (Wildman–Crippen MR) is 90.6 cm³/mol. The first-order valence-electron chi connectivity index (χ1n) is 8.44. The normalized spacial score (nSPS) is 21.6. The van der Waals surface area contributed by atoms with E-state index in [0.717, 1.165) is 12.8 Å². The summed E-state index contributed by atoms with van der Waals surface area (Å²) in [4.78, 5) is 18.4. The number of aromatic hydroxyl groups is 1. The number of hydrogen-bond donors (Lipinski definition) is 1. The first kappa shape index (κ1) is 15.9. The molecule has 0 unspecified atom stereocenters. The molecule has 0 saturated carbocycles. The summed E-state index contributed by atoms with van der Waals surface area (Å²) in [7, 11) is 0. The number of amides is 1. The Morgan fingerprint density at radius 1 is 1.28 bits per heavy atom. The van der Waals surface area contributed by atoms with Crippen LogP contribution in [0.1, 0.15) is 23.2 Å². The molecule has 1 amide bonds.